The van der Waals surface area contributed by atoms with Gasteiger partial charge in [-0.3, -0.25) is 9.36 Å². The zero-order valence-electron chi connectivity index (χ0n) is 17.0. The summed E-state index contributed by atoms with van der Waals surface area (Å²) in [6.45, 7) is 5.59. The molecule has 3 rings (SSSR count). The maximum atomic E-state index is 12.5. The molecule has 1 atom stereocenters. The lowest BCUT2D eigenvalue weighted by molar-refractivity contribution is -0.120. The third-order valence-corrected chi connectivity index (χ3v) is 6.86. The SMILES string of the molecule is CC(C)C(C)(C#N)NC(=O)CSc1nnc(-c2ccccc2Cl)n1C1CCCC1. The summed E-state index contributed by atoms with van der Waals surface area (Å²) in [6, 6.07) is 10.1. The van der Waals surface area contributed by atoms with Crippen LogP contribution in [0.4, 0.5) is 0 Å². The molecule has 1 aliphatic carbocycles. The number of hydrogen-bond acceptors (Lipinski definition) is 5. The molecule has 1 aliphatic rings. The van der Waals surface area contributed by atoms with Crippen molar-refractivity contribution in [2.75, 3.05) is 5.75 Å². The second-order valence-electron chi connectivity index (χ2n) is 7.90. The van der Waals surface area contributed by atoms with Crippen molar-refractivity contribution in [2.24, 2.45) is 5.92 Å². The Hall–Kier alpha value is -2.04. The molecule has 1 aromatic heterocycles. The van der Waals surface area contributed by atoms with Crippen LogP contribution in [0.15, 0.2) is 29.4 Å². The van der Waals surface area contributed by atoms with Gasteiger partial charge in [0.05, 0.1) is 16.8 Å². The van der Waals surface area contributed by atoms with Gasteiger partial charge >= 0.3 is 0 Å². The average molecular weight is 432 g/mol. The highest BCUT2D eigenvalue weighted by atomic mass is 35.5. The molecule has 1 heterocycles. The van der Waals surface area contributed by atoms with Crippen LogP contribution in [0.2, 0.25) is 5.02 Å². The van der Waals surface area contributed by atoms with E-state index >= 15 is 0 Å². The van der Waals surface area contributed by atoms with Gasteiger partial charge in [0.1, 0.15) is 5.54 Å². The zero-order chi connectivity index (χ0) is 21.0. The van der Waals surface area contributed by atoms with Gasteiger partial charge in [0.25, 0.3) is 0 Å². The number of aromatic nitrogens is 3. The lowest BCUT2D eigenvalue weighted by Crippen LogP contribution is -2.49. The lowest BCUT2D eigenvalue weighted by Gasteiger charge is -2.27. The first-order valence-electron chi connectivity index (χ1n) is 9.90. The molecule has 0 aliphatic heterocycles. The first-order chi connectivity index (χ1) is 13.9. The predicted octanol–water partition coefficient (Wildman–Crippen LogP) is 4.86. The van der Waals surface area contributed by atoms with Crippen molar-refractivity contribution in [2.45, 2.75) is 63.2 Å². The Balaban J connectivity index is 1.82. The maximum Gasteiger partial charge on any atom is 0.231 e. The summed E-state index contributed by atoms with van der Waals surface area (Å²) in [6.07, 6.45) is 4.47. The fourth-order valence-corrected chi connectivity index (χ4v) is 4.48. The van der Waals surface area contributed by atoms with E-state index < -0.39 is 5.54 Å². The predicted molar refractivity (Wildman–Crippen MR) is 116 cm³/mol. The number of nitrogens with one attached hydrogen (secondary N) is 1. The van der Waals surface area contributed by atoms with Gasteiger partial charge in [0, 0.05) is 11.6 Å². The number of benzene rings is 1. The lowest BCUT2D eigenvalue weighted by atomic mass is 9.90. The first kappa shape index (κ1) is 21.7. The van der Waals surface area contributed by atoms with Crippen LogP contribution in [0.25, 0.3) is 11.4 Å². The van der Waals surface area contributed by atoms with Crippen LogP contribution < -0.4 is 5.32 Å². The Morgan fingerprint density at radius 2 is 2.07 bits per heavy atom. The third kappa shape index (κ3) is 4.76. The van der Waals surface area contributed by atoms with Crippen LogP contribution in [0.1, 0.15) is 52.5 Å². The topological polar surface area (TPSA) is 83.6 Å². The van der Waals surface area contributed by atoms with Gasteiger partial charge in [-0.2, -0.15) is 5.26 Å². The van der Waals surface area contributed by atoms with Crippen LogP contribution in [0.5, 0.6) is 0 Å². The highest BCUT2D eigenvalue weighted by Crippen LogP contribution is 2.38. The Morgan fingerprint density at radius 1 is 1.38 bits per heavy atom. The number of thioether (sulfide) groups is 1. The minimum absolute atomic E-state index is 0.00965. The quantitative estimate of drug-likeness (QED) is 0.633. The van der Waals surface area contributed by atoms with E-state index in [1.807, 2.05) is 38.1 Å². The van der Waals surface area contributed by atoms with Crippen molar-refractivity contribution in [3.8, 4) is 17.5 Å². The van der Waals surface area contributed by atoms with Crippen LogP contribution in [0.3, 0.4) is 0 Å². The molecule has 8 heteroatoms. The van der Waals surface area contributed by atoms with Crippen molar-refractivity contribution in [3.63, 3.8) is 0 Å². The number of halogens is 1. The Bertz CT molecular complexity index is 916. The standard InChI is InChI=1S/C21H26ClN5OS/c1-14(2)21(3,13-23)24-18(28)12-29-20-26-25-19(16-10-6-7-11-17(16)22)27(20)15-8-4-5-9-15/h6-7,10-11,14-15H,4-5,8-9,12H2,1-3H3,(H,24,28). The summed E-state index contributed by atoms with van der Waals surface area (Å²) >= 11 is 7.76. The van der Waals surface area contributed by atoms with Gasteiger partial charge in [-0.05, 0) is 37.8 Å². The summed E-state index contributed by atoms with van der Waals surface area (Å²) in [7, 11) is 0. The molecule has 0 bridgehead atoms. The van der Waals surface area contributed by atoms with Crippen LogP contribution in [-0.2, 0) is 4.79 Å². The highest BCUT2D eigenvalue weighted by molar-refractivity contribution is 7.99. The fraction of sp³-hybridized carbons (Fsp3) is 0.524. The minimum Gasteiger partial charge on any atom is -0.337 e. The van der Waals surface area contributed by atoms with Gasteiger partial charge in [-0.15, -0.1) is 10.2 Å². The van der Waals surface area contributed by atoms with Crippen molar-refractivity contribution < 1.29 is 4.79 Å². The smallest absolute Gasteiger partial charge is 0.231 e. The van der Waals surface area contributed by atoms with Crippen molar-refractivity contribution in [1.82, 2.24) is 20.1 Å². The molecule has 2 aromatic rings. The van der Waals surface area contributed by atoms with Gasteiger partial charge in [0.15, 0.2) is 11.0 Å². The van der Waals surface area contributed by atoms with E-state index in [4.69, 9.17) is 11.6 Å². The third-order valence-electron chi connectivity index (χ3n) is 5.59. The van der Waals surface area contributed by atoms with Gasteiger partial charge < -0.3 is 5.32 Å². The maximum absolute atomic E-state index is 12.5. The Morgan fingerprint density at radius 3 is 2.69 bits per heavy atom. The molecule has 1 unspecified atom stereocenters. The molecule has 0 radical (unpaired) electrons. The summed E-state index contributed by atoms with van der Waals surface area (Å²) in [4.78, 5) is 12.5. The van der Waals surface area contributed by atoms with E-state index in [1.54, 1.807) is 6.92 Å². The van der Waals surface area contributed by atoms with Gasteiger partial charge in [-0.25, -0.2) is 0 Å². The first-order valence-corrected chi connectivity index (χ1v) is 11.3. The van der Waals surface area contributed by atoms with Gasteiger partial charge in [-0.1, -0.05) is 62.2 Å². The number of nitrogens with zero attached hydrogens (tertiary/aromatic N) is 4. The summed E-state index contributed by atoms with van der Waals surface area (Å²) < 4.78 is 2.14. The van der Waals surface area contributed by atoms with E-state index in [2.05, 4.69) is 26.2 Å². The Labute approximate surface area is 181 Å². The molecule has 154 valence electrons. The minimum atomic E-state index is -0.889. The molecule has 1 N–H and O–H groups in total. The number of amides is 1. The summed E-state index contributed by atoms with van der Waals surface area (Å²) in [5.74, 6) is 0.745. The normalized spacial score (nSPS) is 16.6. The molecule has 0 saturated heterocycles. The molecule has 1 fully saturated rings. The number of nitriles is 1. The van der Waals surface area contributed by atoms with Crippen molar-refractivity contribution in [1.29, 1.82) is 5.26 Å². The highest BCUT2D eigenvalue weighted by Gasteiger charge is 2.31. The molecule has 29 heavy (non-hydrogen) atoms. The number of carbonyl (C=O) groups is 1. The van der Waals surface area contributed by atoms with Crippen molar-refractivity contribution in [3.05, 3.63) is 29.3 Å². The fourth-order valence-electron chi connectivity index (χ4n) is 3.45. The van der Waals surface area contributed by atoms with E-state index in [1.165, 1.54) is 24.6 Å². The molecule has 6 nitrogen and oxygen atoms in total. The van der Waals surface area contributed by atoms with E-state index in [-0.39, 0.29) is 17.6 Å². The Kier molecular flexibility index (Phi) is 6.86. The second-order valence-corrected chi connectivity index (χ2v) is 9.25. The van der Waals surface area contributed by atoms with Crippen LogP contribution >= 0.6 is 23.4 Å². The molecule has 1 saturated carbocycles. The van der Waals surface area contributed by atoms with E-state index in [0.29, 0.717) is 16.2 Å². The van der Waals surface area contributed by atoms with Gasteiger partial charge in [0.2, 0.25) is 5.91 Å². The molecule has 0 spiro atoms. The van der Waals surface area contributed by atoms with E-state index in [0.717, 1.165) is 24.2 Å². The average Bonchev–Trinajstić information content (AvgIpc) is 3.35. The van der Waals surface area contributed by atoms with Crippen molar-refractivity contribution >= 4 is 29.3 Å². The molecule has 1 aromatic carbocycles. The van der Waals surface area contributed by atoms with E-state index in [9.17, 15) is 10.1 Å². The second kappa shape index (κ2) is 9.19. The molecular weight excluding hydrogens is 406 g/mol. The van der Waals surface area contributed by atoms with Crippen LogP contribution in [-0.4, -0.2) is 32.0 Å². The molecular formula is C21H26ClN5OS. The largest absolute Gasteiger partial charge is 0.337 e. The van der Waals surface area contributed by atoms with Crippen LogP contribution in [0, 0.1) is 17.2 Å². The molecule has 1 amide bonds. The summed E-state index contributed by atoms with van der Waals surface area (Å²) in [5, 5.41) is 22.4. The number of carbonyl (C=O) groups excluding carboxylic acids is 1. The zero-order valence-corrected chi connectivity index (χ0v) is 18.6. The monoisotopic (exact) mass is 431 g/mol. The summed E-state index contributed by atoms with van der Waals surface area (Å²) in [5.41, 5.74) is -0.0406. The number of hydrogen-bond donors (Lipinski definition) is 1. The number of rotatable bonds is 7.